The number of carbonyl (C=O) groups is 1. The molecule has 1 nitrogen and oxygen atoms in total. The summed E-state index contributed by atoms with van der Waals surface area (Å²) in [4.78, 5) is 13.2. The Labute approximate surface area is 116 Å². The van der Waals surface area contributed by atoms with Gasteiger partial charge >= 0.3 is 0 Å². The highest BCUT2D eigenvalue weighted by atomic mass is 32.2. The Morgan fingerprint density at radius 1 is 1.11 bits per heavy atom. The van der Waals surface area contributed by atoms with Gasteiger partial charge in [-0.2, -0.15) is 0 Å². The summed E-state index contributed by atoms with van der Waals surface area (Å²) in [6.07, 6.45) is 3.19. The zero-order chi connectivity index (χ0) is 13.7. The lowest BCUT2D eigenvalue weighted by molar-refractivity contribution is 0.0982. The molecule has 19 heavy (non-hydrogen) atoms. The number of rotatable bonds is 5. The van der Waals surface area contributed by atoms with E-state index in [9.17, 15) is 9.18 Å². The summed E-state index contributed by atoms with van der Waals surface area (Å²) in [7, 11) is 0. The molecular weight excluding hydrogens is 259 g/mol. The Kier molecular flexibility index (Phi) is 4.74. The first-order valence-electron chi connectivity index (χ1n) is 6.11. The van der Waals surface area contributed by atoms with Crippen LogP contribution in [0.4, 0.5) is 4.39 Å². The molecule has 2 aromatic rings. The molecule has 0 aliphatic heterocycles. The maximum absolute atomic E-state index is 12.8. The molecule has 0 bridgehead atoms. The Hall–Kier alpha value is -1.61. The number of hydrogen-bond donors (Lipinski definition) is 0. The van der Waals surface area contributed by atoms with E-state index < -0.39 is 0 Å². The molecule has 98 valence electrons. The molecule has 2 rings (SSSR count). The minimum absolute atomic E-state index is 0.0518. The maximum atomic E-state index is 12.8. The Bertz CT molecular complexity index is 563. The lowest BCUT2D eigenvalue weighted by atomic mass is 10.0. The fourth-order valence-corrected chi connectivity index (χ4v) is 2.58. The monoisotopic (exact) mass is 274 g/mol. The molecule has 3 heteroatoms. The SMILES string of the molecule is CSc1ccccc1CCC(=O)c1ccc(F)cc1. The van der Waals surface area contributed by atoms with E-state index in [-0.39, 0.29) is 11.6 Å². The standard InChI is InChI=1S/C16H15FOS/c1-19-16-5-3-2-4-13(16)8-11-15(18)12-6-9-14(17)10-7-12/h2-7,9-10H,8,11H2,1H3. The molecule has 0 atom stereocenters. The number of Topliss-reactive ketones (excluding diaryl/α,β-unsaturated/α-hetero) is 1. The van der Waals surface area contributed by atoms with E-state index in [2.05, 4.69) is 6.07 Å². The summed E-state index contributed by atoms with van der Waals surface area (Å²) in [5.74, 6) is -0.264. The molecule has 0 saturated carbocycles. The molecule has 0 fully saturated rings. The predicted molar refractivity (Wildman–Crippen MR) is 77.3 cm³/mol. The minimum atomic E-state index is -0.315. The third kappa shape index (κ3) is 3.67. The van der Waals surface area contributed by atoms with E-state index >= 15 is 0 Å². The summed E-state index contributed by atoms with van der Waals surface area (Å²) < 4.78 is 12.8. The van der Waals surface area contributed by atoms with Crippen LogP contribution in [-0.4, -0.2) is 12.0 Å². The lowest BCUT2D eigenvalue weighted by Gasteiger charge is -2.06. The van der Waals surface area contributed by atoms with Gasteiger partial charge in [-0.05, 0) is 48.6 Å². The number of benzene rings is 2. The van der Waals surface area contributed by atoms with Crippen molar-refractivity contribution >= 4 is 17.5 Å². The molecule has 0 amide bonds. The lowest BCUT2D eigenvalue weighted by Crippen LogP contribution is -2.01. The minimum Gasteiger partial charge on any atom is -0.294 e. The van der Waals surface area contributed by atoms with Crippen molar-refractivity contribution in [1.29, 1.82) is 0 Å². The fourth-order valence-electron chi connectivity index (χ4n) is 1.94. The van der Waals surface area contributed by atoms with Crippen LogP contribution >= 0.6 is 11.8 Å². The Morgan fingerprint density at radius 2 is 1.79 bits per heavy atom. The number of thioether (sulfide) groups is 1. The van der Waals surface area contributed by atoms with E-state index in [0.717, 1.165) is 0 Å². The maximum Gasteiger partial charge on any atom is 0.163 e. The van der Waals surface area contributed by atoms with E-state index in [0.29, 0.717) is 18.4 Å². The van der Waals surface area contributed by atoms with Gasteiger partial charge in [-0.15, -0.1) is 11.8 Å². The van der Waals surface area contributed by atoms with Crippen LogP contribution in [0.5, 0.6) is 0 Å². The molecule has 0 saturated heterocycles. The van der Waals surface area contributed by atoms with E-state index in [4.69, 9.17) is 0 Å². The van der Waals surface area contributed by atoms with Gasteiger partial charge in [-0.3, -0.25) is 4.79 Å². The number of ketones is 1. The molecule has 0 heterocycles. The summed E-state index contributed by atoms with van der Waals surface area (Å²) in [6.45, 7) is 0. The normalized spacial score (nSPS) is 10.4. The first-order valence-corrected chi connectivity index (χ1v) is 7.34. The Morgan fingerprint density at radius 3 is 2.47 bits per heavy atom. The summed E-state index contributed by atoms with van der Waals surface area (Å²) >= 11 is 1.68. The number of halogens is 1. The van der Waals surface area contributed by atoms with Gasteiger partial charge in [0.05, 0.1) is 0 Å². The van der Waals surface area contributed by atoms with Crippen molar-refractivity contribution in [2.75, 3.05) is 6.26 Å². The van der Waals surface area contributed by atoms with Crippen LogP contribution in [-0.2, 0) is 6.42 Å². The highest BCUT2D eigenvalue weighted by Crippen LogP contribution is 2.21. The van der Waals surface area contributed by atoms with Crippen LogP contribution < -0.4 is 0 Å². The molecular formula is C16H15FOS. The van der Waals surface area contributed by atoms with Crippen LogP contribution in [0.3, 0.4) is 0 Å². The second-order valence-electron chi connectivity index (χ2n) is 4.24. The predicted octanol–water partition coefficient (Wildman–Crippen LogP) is 4.36. The van der Waals surface area contributed by atoms with Crippen LogP contribution in [0.2, 0.25) is 0 Å². The van der Waals surface area contributed by atoms with Crippen LogP contribution in [0.15, 0.2) is 53.4 Å². The number of carbonyl (C=O) groups excluding carboxylic acids is 1. The van der Waals surface area contributed by atoms with Gasteiger partial charge in [0.2, 0.25) is 0 Å². The highest BCUT2D eigenvalue weighted by molar-refractivity contribution is 7.98. The topological polar surface area (TPSA) is 17.1 Å². The third-order valence-corrected chi connectivity index (χ3v) is 3.82. The molecule has 0 aromatic heterocycles. The summed E-state index contributed by atoms with van der Waals surface area (Å²) in [6, 6.07) is 13.8. The van der Waals surface area contributed by atoms with Gasteiger partial charge in [0.25, 0.3) is 0 Å². The van der Waals surface area contributed by atoms with Gasteiger partial charge in [-0.1, -0.05) is 18.2 Å². The van der Waals surface area contributed by atoms with E-state index in [1.165, 1.54) is 34.7 Å². The first kappa shape index (κ1) is 13.8. The van der Waals surface area contributed by atoms with Gasteiger partial charge in [0.1, 0.15) is 5.82 Å². The largest absolute Gasteiger partial charge is 0.294 e. The fraction of sp³-hybridized carbons (Fsp3) is 0.188. The Balaban J connectivity index is 2.02. The molecule has 2 aromatic carbocycles. The molecule has 0 radical (unpaired) electrons. The van der Waals surface area contributed by atoms with Crippen molar-refractivity contribution in [2.24, 2.45) is 0 Å². The van der Waals surface area contributed by atoms with Crippen molar-refractivity contribution in [2.45, 2.75) is 17.7 Å². The zero-order valence-corrected chi connectivity index (χ0v) is 11.5. The van der Waals surface area contributed by atoms with Crippen molar-refractivity contribution in [1.82, 2.24) is 0 Å². The van der Waals surface area contributed by atoms with Crippen LogP contribution in [0.1, 0.15) is 22.3 Å². The molecule has 0 spiro atoms. The molecule has 0 N–H and O–H groups in total. The molecule has 0 unspecified atom stereocenters. The second-order valence-corrected chi connectivity index (χ2v) is 5.09. The van der Waals surface area contributed by atoms with Gasteiger partial charge in [-0.25, -0.2) is 4.39 Å². The van der Waals surface area contributed by atoms with Gasteiger partial charge in [0, 0.05) is 16.9 Å². The molecule has 0 aliphatic carbocycles. The number of hydrogen-bond acceptors (Lipinski definition) is 2. The van der Waals surface area contributed by atoms with Crippen LogP contribution in [0, 0.1) is 5.82 Å². The average Bonchev–Trinajstić information content (AvgIpc) is 2.45. The zero-order valence-electron chi connectivity index (χ0n) is 10.7. The second kappa shape index (κ2) is 6.53. The van der Waals surface area contributed by atoms with Crippen molar-refractivity contribution in [3.05, 3.63) is 65.5 Å². The first-order chi connectivity index (χ1) is 9.20. The quantitative estimate of drug-likeness (QED) is 0.595. The highest BCUT2D eigenvalue weighted by Gasteiger charge is 2.08. The van der Waals surface area contributed by atoms with E-state index in [1.54, 1.807) is 11.8 Å². The molecule has 0 aliphatic rings. The summed E-state index contributed by atoms with van der Waals surface area (Å²) in [5, 5.41) is 0. The van der Waals surface area contributed by atoms with Crippen molar-refractivity contribution < 1.29 is 9.18 Å². The van der Waals surface area contributed by atoms with Crippen molar-refractivity contribution in [3.8, 4) is 0 Å². The summed E-state index contributed by atoms with van der Waals surface area (Å²) in [5.41, 5.74) is 1.76. The third-order valence-electron chi connectivity index (χ3n) is 2.98. The van der Waals surface area contributed by atoms with Gasteiger partial charge in [0.15, 0.2) is 5.78 Å². The van der Waals surface area contributed by atoms with E-state index in [1.807, 2.05) is 24.5 Å². The van der Waals surface area contributed by atoms with Crippen molar-refractivity contribution in [3.63, 3.8) is 0 Å². The van der Waals surface area contributed by atoms with Crippen LogP contribution in [0.25, 0.3) is 0 Å². The smallest absolute Gasteiger partial charge is 0.163 e. The number of aryl methyl sites for hydroxylation is 1. The average molecular weight is 274 g/mol. The van der Waals surface area contributed by atoms with Gasteiger partial charge < -0.3 is 0 Å².